The first-order valence-electron chi connectivity index (χ1n) is 6.48. The van der Waals surface area contributed by atoms with Crippen LogP contribution in [0.3, 0.4) is 0 Å². The van der Waals surface area contributed by atoms with E-state index in [1.54, 1.807) is 6.92 Å². The summed E-state index contributed by atoms with van der Waals surface area (Å²) in [6.45, 7) is 6.36. The number of sulfonamides is 1. The van der Waals surface area contributed by atoms with Gasteiger partial charge in [-0.25, -0.2) is 17.9 Å². The van der Waals surface area contributed by atoms with Gasteiger partial charge in [0, 0.05) is 6.54 Å². The monoisotopic (exact) mass is 301 g/mol. The second kappa shape index (κ2) is 5.17. The van der Waals surface area contributed by atoms with Gasteiger partial charge in [-0.05, 0) is 24.7 Å². The van der Waals surface area contributed by atoms with Gasteiger partial charge in [0.25, 0.3) is 10.0 Å². The fraction of sp³-hybridized carbons (Fsp3) is 0.667. The smallest absolute Gasteiger partial charge is 0.342 e. The first-order chi connectivity index (χ1) is 9.28. The molecule has 0 amide bonds. The lowest BCUT2D eigenvalue weighted by Gasteiger charge is -2.07. The van der Waals surface area contributed by atoms with Crippen LogP contribution in [0, 0.1) is 11.3 Å². The lowest BCUT2D eigenvalue weighted by molar-refractivity contribution is 0.0522. The maximum Gasteiger partial charge on any atom is 0.342 e. The van der Waals surface area contributed by atoms with Crippen LogP contribution in [0.4, 0.5) is 0 Å². The highest BCUT2D eigenvalue weighted by Gasteiger charge is 2.45. The summed E-state index contributed by atoms with van der Waals surface area (Å²) in [5.74, 6) is -0.375. The van der Waals surface area contributed by atoms with Gasteiger partial charge in [0.15, 0.2) is 5.03 Å². The lowest BCUT2D eigenvalue weighted by Crippen LogP contribution is -2.28. The highest BCUT2D eigenvalue weighted by molar-refractivity contribution is 7.89. The molecule has 2 N–H and O–H groups in total. The van der Waals surface area contributed by atoms with Gasteiger partial charge in [0.1, 0.15) is 5.56 Å². The molecule has 0 aliphatic heterocycles. The second-order valence-corrected chi connectivity index (χ2v) is 7.28. The number of esters is 1. The first kappa shape index (κ1) is 15.0. The molecule has 0 radical (unpaired) electrons. The molecule has 1 fully saturated rings. The van der Waals surface area contributed by atoms with Gasteiger partial charge in [-0.3, -0.25) is 5.10 Å². The van der Waals surface area contributed by atoms with Crippen LogP contribution in [-0.4, -0.2) is 37.7 Å². The molecule has 7 nitrogen and oxygen atoms in total. The molecule has 0 saturated heterocycles. The average molecular weight is 301 g/mol. The first-order valence-corrected chi connectivity index (χ1v) is 7.96. The topological polar surface area (TPSA) is 101 Å². The van der Waals surface area contributed by atoms with Gasteiger partial charge < -0.3 is 4.74 Å². The molecule has 0 bridgehead atoms. The summed E-state index contributed by atoms with van der Waals surface area (Å²) in [6, 6.07) is 0. The van der Waals surface area contributed by atoms with Crippen LogP contribution < -0.4 is 4.72 Å². The largest absolute Gasteiger partial charge is 0.462 e. The number of aromatic nitrogens is 2. The fourth-order valence-electron chi connectivity index (χ4n) is 2.04. The number of H-pyrrole nitrogens is 1. The third-order valence-corrected chi connectivity index (χ3v) is 5.00. The Balaban J connectivity index is 2.10. The number of carbonyl (C=O) groups excluding carboxylic acids is 1. The average Bonchev–Trinajstić information content (AvgIpc) is 2.80. The van der Waals surface area contributed by atoms with Crippen LogP contribution in [0.1, 0.15) is 37.6 Å². The van der Waals surface area contributed by atoms with Gasteiger partial charge in [0.2, 0.25) is 0 Å². The van der Waals surface area contributed by atoms with Crippen molar-refractivity contribution in [3.05, 3.63) is 11.8 Å². The van der Waals surface area contributed by atoms with Crippen LogP contribution >= 0.6 is 0 Å². The van der Waals surface area contributed by atoms with E-state index in [1.807, 2.05) is 0 Å². The Kier molecular flexibility index (Phi) is 3.88. The third kappa shape index (κ3) is 3.01. The van der Waals surface area contributed by atoms with E-state index < -0.39 is 16.0 Å². The number of rotatable bonds is 6. The molecule has 8 heteroatoms. The van der Waals surface area contributed by atoms with Crippen LogP contribution in [0.2, 0.25) is 0 Å². The zero-order chi connectivity index (χ0) is 15.0. The molecule has 20 heavy (non-hydrogen) atoms. The van der Waals surface area contributed by atoms with Gasteiger partial charge in [-0.15, -0.1) is 0 Å². The summed E-state index contributed by atoms with van der Waals surface area (Å²) < 4.78 is 31.7. The Morgan fingerprint density at radius 3 is 2.80 bits per heavy atom. The Morgan fingerprint density at radius 1 is 1.60 bits per heavy atom. The van der Waals surface area contributed by atoms with Crippen molar-refractivity contribution >= 4 is 16.0 Å². The van der Waals surface area contributed by atoms with Crippen molar-refractivity contribution in [2.45, 2.75) is 32.2 Å². The minimum atomic E-state index is -3.79. The van der Waals surface area contributed by atoms with E-state index in [0.29, 0.717) is 12.5 Å². The minimum Gasteiger partial charge on any atom is -0.462 e. The highest BCUT2D eigenvalue weighted by Crippen LogP contribution is 2.51. The van der Waals surface area contributed by atoms with E-state index in [9.17, 15) is 13.2 Å². The van der Waals surface area contributed by atoms with Crippen LogP contribution in [-0.2, 0) is 14.8 Å². The molecule has 1 aliphatic rings. The van der Waals surface area contributed by atoms with Crippen LogP contribution in [0.15, 0.2) is 11.2 Å². The number of nitrogens with zero attached hydrogens (tertiary/aromatic N) is 1. The van der Waals surface area contributed by atoms with E-state index in [1.165, 1.54) is 0 Å². The van der Waals surface area contributed by atoms with Crippen molar-refractivity contribution < 1.29 is 17.9 Å². The number of ether oxygens (including phenoxy) is 1. The number of hydrogen-bond donors (Lipinski definition) is 2. The van der Waals surface area contributed by atoms with Crippen molar-refractivity contribution in [1.29, 1.82) is 0 Å². The van der Waals surface area contributed by atoms with Crippen LogP contribution in [0.25, 0.3) is 0 Å². The van der Waals surface area contributed by atoms with Crippen molar-refractivity contribution in [3.63, 3.8) is 0 Å². The maximum absolute atomic E-state index is 12.2. The molecule has 1 heterocycles. The van der Waals surface area contributed by atoms with Gasteiger partial charge in [-0.1, -0.05) is 13.8 Å². The molecule has 1 saturated carbocycles. The summed E-state index contributed by atoms with van der Waals surface area (Å²) >= 11 is 0. The van der Waals surface area contributed by atoms with E-state index in [4.69, 9.17) is 4.74 Å². The molecule has 112 valence electrons. The molecular weight excluding hydrogens is 282 g/mol. The molecular formula is C12H19N3O4S. The SMILES string of the molecule is CCOC(=O)c1cn[nH]c1S(=O)(=O)NCC1CC1(C)C. The Bertz CT molecular complexity index is 606. The van der Waals surface area contributed by atoms with Gasteiger partial charge >= 0.3 is 5.97 Å². The molecule has 1 atom stereocenters. The summed E-state index contributed by atoms with van der Waals surface area (Å²) in [7, 11) is -3.79. The van der Waals surface area contributed by atoms with E-state index >= 15 is 0 Å². The number of aromatic amines is 1. The maximum atomic E-state index is 12.2. The zero-order valence-electron chi connectivity index (χ0n) is 11.8. The summed E-state index contributed by atoms with van der Waals surface area (Å²) in [5, 5.41) is 5.73. The minimum absolute atomic E-state index is 0.0746. The number of hydrogen-bond acceptors (Lipinski definition) is 5. The van der Waals surface area contributed by atoms with E-state index in [2.05, 4.69) is 28.8 Å². The molecule has 0 aromatic carbocycles. The van der Waals surface area contributed by atoms with Gasteiger partial charge in [0.05, 0.1) is 12.8 Å². The third-order valence-electron chi connectivity index (χ3n) is 3.61. The van der Waals surface area contributed by atoms with Crippen LogP contribution in [0.5, 0.6) is 0 Å². The Hall–Kier alpha value is -1.41. The van der Waals surface area contributed by atoms with Crippen molar-refractivity contribution in [3.8, 4) is 0 Å². The summed E-state index contributed by atoms with van der Waals surface area (Å²) in [5.41, 5.74) is 0.106. The molecule has 1 aromatic rings. The van der Waals surface area contributed by atoms with Crippen molar-refractivity contribution in [2.24, 2.45) is 11.3 Å². The quantitative estimate of drug-likeness (QED) is 0.761. The predicted octanol–water partition coefficient (Wildman–Crippen LogP) is 0.911. The molecule has 1 aromatic heterocycles. The lowest BCUT2D eigenvalue weighted by atomic mass is 10.1. The normalized spacial score (nSPS) is 20.6. The zero-order valence-corrected chi connectivity index (χ0v) is 12.6. The Labute approximate surface area is 118 Å². The molecule has 0 spiro atoms. The van der Waals surface area contributed by atoms with Crippen molar-refractivity contribution in [2.75, 3.05) is 13.2 Å². The van der Waals surface area contributed by atoms with E-state index in [0.717, 1.165) is 12.6 Å². The summed E-state index contributed by atoms with van der Waals surface area (Å²) in [4.78, 5) is 11.7. The summed E-state index contributed by atoms with van der Waals surface area (Å²) in [6.07, 6.45) is 2.15. The standard InChI is InChI=1S/C12H19N3O4S/c1-4-19-11(16)9-7-13-15-10(9)20(17,18)14-6-8-5-12(8,2)3/h7-8,14H,4-6H2,1-3H3,(H,13,15). The van der Waals surface area contributed by atoms with E-state index in [-0.39, 0.29) is 22.6 Å². The fourth-order valence-corrected chi connectivity index (χ4v) is 3.20. The molecule has 2 rings (SSSR count). The van der Waals surface area contributed by atoms with Gasteiger partial charge in [-0.2, -0.15) is 5.10 Å². The number of nitrogens with one attached hydrogen (secondary N) is 2. The predicted molar refractivity (Wildman–Crippen MR) is 71.6 cm³/mol. The highest BCUT2D eigenvalue weighted by atomic mass is 32.2. The molecule has 1 aliphatic carbocycles. The number of carbonyl (C=O) groups is 1. The molecule has 1 unspecified atom stereocenters. The Morgan fingerprint density at radius 2 is 2.25 bits per heavy atom. The van der Waals surface area contributed by atoms with Crippen molar-refractivity contribution in [1.82, 2.24) is 14.9 Å². The second-order valence-electron chi connectivity index (χ2n) is 5.57.